The third-order valence-corrected chi connectivity index (χ3v) is 4.19. The summed E-state index contributed by atoms with van der Waals surface area (Å²) < 4.78 is 5.06. The molecule has 2 nitrogen and oxygen atoms in total. The number of allylic oxidation sites excluding steroid dienone is 4. The Labute approximate surface area is 115 Å². The predicted molar refractivity (Wildman–Crippen MR) is 77.4 cm³/mol. The highest BCUT2D eigenvalue weighted by molar-refractivity contribution is 5.86. The minimum Gasteiger partial charge on any atom is -0.458 e. The van der Waals surface area contributed by atoms with Gasteiger partial charge in [-0.15, -0.1) is 6.58 Å². The molecule has 2 rings (SSSR count). The van der Waals surface area contributed by atoms with E-state index < -0.39 is 0 Å². The molecule has 2 aliphatic carbocycles. The van der Waals surface area contributed by atoms with Crippen molar-refractivity contribution >= 4 is 5.97 Å². The summed E-state index contributed by atoms with van der Waals surface area (Å²) in [4.78, 5) is 11.2. The van der Waals surface area contributed by atoms with Crippen LogP contribution in [0.1, 0.15) is 19.8 Å². The first-order chi connectivity index (χ1) is 9.13. The summed E-state index contributed by atoms with van der Waals surface area (Å²) in [6.45, 7) is 9.50. The Morgan fingerprint density at radius 3 is 2.95 bits per heavy atom. The van der Waals surface area contributed by atoms with Crippen molar-refractivity contribution < 1.29 is 9.53 Å². The monoisotopic (exact) mass is 258 g/mol. The Morgan fingerprint density at radius 2 is 2.26 bits per heavy atom. The average Bonchev–Trinajstić information content (AvgIpc) is 2.96. The van der Waals surface area contributed by atoms with Crippen LogP contribution in [0.5, 0.6) is 0 Å². The first kappa shape index (κ1) is 13.9. The summed E-state index contributed by atoms with van der Waals surface area (Å²) in [6.07, 6.45) is 13.2. The van der Waals surface area contributed by atoms with Gasteiger partial charge in [-0.25, -0.2) is 4.79 Å². The molecule has 4 atom stereocenters. The van der Waals surface area contributed by atoms with Crippen LogP contribution in [0, 0.1) is 23.7 Å². The lowest BCUT2D eigenvalue weighted by atomic mass is 9.90. The molecule has 0 bridgehead atoms. The Balaban J connectivity index is 1.86. The topological polar surface area (TPSA) is 26.3 Å². The number of hydrogen-bond donors (Lipinski definition) is 0. The lowest BCUT2D eigenvalue weighted by Crippen LogP contribution is -2.09. The van der Waals surface area contributed by atoms with Gasteiger partial charge in [0.1, 0.15) is 6.61 Å². The zero-order chi connectivity index (χ0) is 13.8. The Kier molecular flexibility index (Phi) is 4.41. The van der Waals surface area contributed by atoms with Gasteiger partial charge in [-0.3, -0.25) is 0 Å². The van der Waals surface area contributed by atoms with Gasteiger partial charge in [-0.1, -0.05) is 37.0 Å². The molecule has 2 heteroatoms. The number of carbonyl (C=O) groups is 1. The van der Waals surface area contributed by atoms with Crippen LogP contribution in [0.4, 0.5) is 0 Å². The van der Waals surface area contributed by atoms with E-state index in [0.29, 0.717) is 29.9 Å². The van der Waals surface area contributed by atoms with Gasteiger partial charge in [0.05, 0.1) is 0 Å². The van der Waals surface area contributed by atoms with Crippen molar-refractivity contribution in [1.82, 2.24) is 0 Å². The summed E-state index contributed by atoms with van der Waals surface area (Å²) in [5.74, 6) is 2.21. The highest BCUT2D eigenvalue weighted by atomic mass is 16.5. The maximum absolute atomic E-state index is 11.2. The number of fused-ring (bicyclic) bond motifs is 1. The van der Waals surface area contributed by atoms with Gasteiger partial charge in [0.25, 0.3) is 0 Å². The van der Waals surface area contributed by atoms with Crippen molar-refractivity contribution in [2.75, 3.05) is 6.61 Å². The van der Waals surface area contributed by atoms with E-state index in [-0.39, 0.29) is 5.97 Å². The van der Waals surface area contributed by atoms with Crippen LogP contribution in [0.3, 0.4) is 0 Å². The number of ether oxygens (including phenoxy) is 1. The van der Waals surface area contributed by atoms with Crippen LogP contribution in [-0.2, 0) is 9.53 Å². The van der Waals surface area contributed by atoms with Crippen molar-refractivity contribution in [3.05, 3.63) is 49.1 Å². The molecule has 102 valence electrons. The van der Waals surface area contributed by atoms with E-state index in [1.165, 1.54) is 6.42 Å². The van der Waals surface area contributed by atoms with E-state index >= 15 is 0 Å². The number of esters is 1. The second-order valence-electron chi connectivity index (χ2n) is 5.51. The van der Waals surface area contributed by atoms with Crippen molar-refractivity contribution in [2.45, 2.75) is 19.8 Å². The van der Waals surface area contributed by atoms with Crippen molar-refractivity contribution in [1.29, 1.82) is 0 Å². The Hall–Kier alpha value is -1.57. The zero-order valence-electron chi connectivity index (χ0n) is 11.5. The van der Waals surface area contributed by atoms with Gasteiger partial charge >= 0.3 is 5.97 Å². The number of hydrogen-bond acceptors (Lipinski definition) is 2. The Morgan fingerprint density at radius 1 is 1.47 bits per heavy atom. The van der Waals surface area contributed by atoms with Crippen LogP contribution in [0.15, 0.2) is 49.1 Å². The summed E-state index contributed by atoms with van der Waals surface area (Å²) in [7, 11) is 0. The lowest BCUT2D eigenvalue weighted by Gasteiger charge is -2.15. The molecule has 0 aromatic carbocycles. The van der Waals surface area contributed by atoms with E-state index in [0.717, 1.165) is 12.3 Å². The van der Waals surface area contributed by atoms with Crippen LogP contribution in [0.25, 0.3) is 0 Å². The molecule has 0 spiro atoms. The molecule has 0 aromatic heterocycles. The highest BCUT2D eigenvalue weighted by Gasteiger charge is 2.40. The molecule has 0 N–H and O–H groups in total. The third-order valence-electron chi connectivity index (χ3n) is 4.19. The minimum atomic E-state index is -0.321. The molecule has 19 heavy (non-hydrogen) atoms. The van der Waals surface area contributed by atoms with E-state index in [9.17, 15) is 4.79 Å². The largest absolute Gasteiger partial charge is 0.458 e. The van der Waals surface area contributed by atoms with E-state index in [4.69, 9.17) is 4.74 Å². The fourth-order valence-corrected chi connectivity index (χ4v) is 3.21. The van der Waals surface area contributed by atoms with Crippen molar-refractivity contribution in [2.24, 2.45) is 23.7 Å². The molecule has 0 radical (unpaired) electrons. The fraction of sp³-hybridized carbons (Fsp3) is 0.471. The highest BCUT2D eigenvalue weighted by Crippen LogP contribution is 2.48. The molecule has 0 amide bonds. The molecule has 0 aromatic rings. The van der Waals surface area contributed by atoms with Gasteiger partial charge in [0.2, 0.25) is 0 Å². The van der Waals surface area contributed by atoms with Crippen LogP contribution >= 0.6 is 0 Å². The number of rotatable bonds is 5. The van der Waals surface area contributed by atoms with Gasteiger partial charge < -0.3 is 4.74 Å². The predicted octanol–water partition coefficient (Wildman–Crippen LogP) is 3.68. The van der Waals surface area contributed by atoms with Crippen LogP contribution in [-0.4, -0.2) is 12.6 Å². The molecule has 4 unspecified atom stereocenters. The van der Waals surface area contributed by atoms with Gasteiger partial charge in [-0.05, 0) is 43.4 Å². The Bertz CT molecular complexity index is 431. The van der Waals surface area contributed by atoms with E-state index in [1.807, 2.05) is 6.08 Å². The van der Waals surface area contributed by atoms with Crippen molar-refractivity contribution in [3.8, 4) is 0 Å². The van der Waals surface area contributed by atoms with Crippen LogP contribution in [0.2, 0.25) is 0 Å². The first-order valence-corrected chi connectivity index (χ1v) is 6.92. The summed E-state index contributed by atoms with van der Waals surface area (Å²) >= 11 is 0. The fourth-order valence-electron chi connectivity index (χ4n) is 3.21. The van der Waals surface area contributed by atoms with Gasteiger partial charge in [-0.2, -0.15) is 0 Å². The normalized spacial score (nSPS) is 32.5. The summed E-state index contributed by atoms with van der Waals surface area (Å²) in [6, 6.07) is 0. The van der Waals surface area contributed by atoms with E-state index in [1.54, 1.807) is 6.92 Å². The minimum absolute atomic E-state index is 0.321. The SMILES string of the molecule is C=CC1CC(/C=C/COC(=O)C(=C)C)C2C=CCC12. The van der Waals surface area contributed by atoms with Crippen molar-refractivity contribution in [3.63, 3.8) is 0 Å². The smallest absolute Gasteiger partial charge is 0.333 e. The zero-order valence-corrected chi connectivity index (χ0v) is 11.5. The quantitative estimate of drug-likeness (QED) is 0.427. The molecule has 2 aliphatic rings. The van der Waals surface area contributed by atoms with Crippen LogP contribution < -0.4 is 0 Å². The van der Waals surface area contributed by atoms with Gasteiger partial charge in [0, 0.05) is 5.57 Å². The standard InChI is InChI=1S/C17H22O2/c1-4-13-11-14(16-9-5-8-15(13)16)7-6-10-19-17(18)12(2)3/h4-7,9,13-16H,1-2,8,10-11H2,3H3/b7-6+. The summed E-state index contributed by atoms with van der Waals surface area (Å²) in [5, 5.41) is 0. The average molecular weight is 258 g/mol. The maximum Gasteiger partial charge on any atom is 0.333 e. The second-order valence-corrected chi connectivity index (χ2v) is 5.51. The molecular formula is C17H22O2. The molecule has 0 aliphatic heterocycles. The molecule has 0 saturated heterocycles. The van der Waals surface area contributed by atoms with E-state index in [2.05, 4.69) is 37.5 Å². The second kappa shape index (κ2) is 6.05. The summed E-state index contributed by atoms with van der Waals surface area (Å²) in [5.41, 5.74) is 0.444. The molecule has 1 saturated carbocycles. The molecular weight excluding hydrogens is 236 g/mol. The molecule has 1 fully saturated rings. The maximum atomic E-state index is 11.2. The third kappa shape index (κ3) is 3.06. The van der Waals surface area contributed by atoms with Gasteiger partial charge in [0.15, 0.2) is 0 Å². The molecule has 0 heterocycles. The lowest BCUT2D eigenvalue weighted by molar-refractivity contribution is -0.137. The number of carbonyl (C=O) groups excluding carboxylic acids is 1. The first-order valence-electron chi connectivity index (χ1n) is 6.92.